The van der Waals surface area contributed by atoms with Crippen LogP contribution in [0.3, 0.4) is 0 Å². The summed E-state index contributed by atoms with van der Waals surface area (Å²) in [7, 11) is 0. The lowest BCUT2D eigenvalue weighted by molar-refractivity contribution is -0.124. The Bertz CT molecular complexity index is 683. The van der Waals surface area contributed by atoms with E-state index in [-0.39, 0.29) is 11.4 Å². The lowest BCUT2D eigenvalue weighted by atomic mass is 10.1. The maximum atomic E-state index is 12.1. The lowest BCUT2D eigenvalue weighted by Crippen LogP contribution is -2.51. The molecule has 0 spiro atoms. The predicted octanol–water partition coefficient (Wildman–Crippen LogP) is 2.83. The SMILES string of the molecule is C=C(C)CSc1nn(CN2CCN(CC(=O)NC(C)(C)C)CC2)c(=S)s1. The molecule has 26 heavy (non-hydrogen) atoms. The molecule has 1 aromatic heterocycles. The van der Waals surface area contributed by atoms with Crippen molar-refractivity contribution in [3.8, 4) is 0 Å². The number of nitrogens with zero attached hydrogens (tertiary/aromatic N) is 4. The van der Waals surface area contributed by atoms with Crippen molar-refractivity contribution in [2.24, 2.45) is 0 Å². The van der Waals surface area contributed by atoms with Crippen LogP contribution in [0.4, 0.5) is 0 Å². The van der Waals surface area contributed by atoms with Crippen molar-refractivity contribution >= 4 is 41.2 Å². The summed E-state index contributed by atoms with van der Waals surface area (Å²) < 4.78 is 3.71. The van der Waals surface area contributed by atoms with Gasteiger partial charge in [0.05, 0.1) is 13.2 Å². The molecule has 1 saturated heterocycles. The smallest absolute Gasteiger partial charge is 0.234 e. The molecule has 0 bridgehead atoms. The first-order valence-electron chi connectivity index (χ1n) is 8.73. The number of carbonyl (C=O) groups is 1. The summed E-state index contributed by atoms with van der Waals surface area (Å²) in [5.41, 5.74) is 0.953. The second-order valence-corrected chi connectivity index (χ2v) is 10.6. The van der Waals surface area contributed by atoms with Gasteiger partial charge in [0.15, 0.2) is 8.29 Å². The summed E-state index contributed by atoms with van der Waals surface area (Å²) in [6.45, 7) is 16.7. The molecule has 1 aromatic rings. The van der Waals surface area contributed by atoms with Crippen LogP contribution in [0.15, 0.2) is 16.5 Å². The Hall–Kier alpha value is -0.740. The van der Waals surface area contributed by atoms with Crippen molar-refractivity contribution in [2.45, 2.75) is 44.2 Å². The molecule has 0 atom stereocenters. The molecule has 2 heterocycles. The van der Waals surface area contributed by atoms with Crippen LogP contribution in [0.1, 0.15) is 27.7 Å². The number of amides is 1. The fourth-order valence-corrected chi connectivity index (χ4v) is 4.72. The molecule has 1 fully saturated rings. The van der Waals surface area contributed by atoms with E-state index >= 15 is 0 Å². The molecule has 6 nitrogen and oxygen atoms in total. The number of hydrogen-bond donors (Lipinski definition) is 1. The summed E-state index contributed by atoms with van der Waals surface area (Å²) in [4.78, 5) is 16.6. The van der Waals surface area contributed by atoms with Crippen LogP contribution in [0, 0.1) is 3.95 Å². The third kappa shape index (κ3) is 7.48. The van der Waals surface area contributed by atoms with Crippen molar-refractivity contribution < 1.29 is 4.79 Å². The maximum Gasteiger partial charge on any atom is 0.234 e. The summed E-state index contributed by atoms with van der Waals surface area (Å²) >= 11 is 8.69. The van der Waals surface area contributed by atoms with E-state index in [0.717, 1.165) is 45.8 Å². The third-order valence-corrected chi connectivity index (χ3v) is 6.38. The van der Waals surface area contributed by atoms with Gasteiger partial charge in [-0.2, -0.15) is 5.10 Å². The van der Waals surface area contributed by atoms with Gasteiger partial charge in [-0.15, -0.1) is 0 Å². The molecule has 1 aliphatic heterocycles. The van der Waals surface area contributed by atoms with E-state index < -0.39 is 0 Å². The summed E-state index contributed by atoms with van der Waals surface area (Å²) in [6.07, 6.45) is 0. The molecule has 1 amide bonds. The molecule has 0 unspecified atom stereocenters. The topological polar surface area (TPSA) is 53.4 Å². The average Bonchev–Trinajstić information content (AvgIpc) is 2.85. The minimum absolute atomic E-state index is 0.0897. The Morgan fingerprint density at radius 1 is 1.31 bits per heavy atom. The Morgan fingerprint density at radius 3 is 2.50 bits per heavy atom. The second kappa shape index (κ2) is 9.45. The lowest BCUT2D eigenvalue weighted by Gasteiger charge is -2.34. The molecule has 9 heteroatoms. The Morgan fingerprint density at radius 2 is 1.92 bits per heavy atom. The van der Waals surface area contributed by atoms with Gasteiger partial charge in [0.2, 0.25) is 5.91 Å². The van der Waals surface area contributed by atoms with Gasteiger partial charge in [-0.25, -0.2) is 4.68 Å². The molecule has 0 saturated carbocycles. The monoisotopic (exact) mass is 415 g/mol. The summed E-state index contributed by atoms with van der Waals surface area (Å²) in [6, 6.07) is 0. The van der Waals surface area contributed by atoms with Gasteiger partial charge < -0.3 is 5.32 Å². The van der Waals surface area contributed by atoms with Crippen LogP contribution in [0.25, 0.3) is 0 Å². The van der Waals surface area contributed by atoms with Gasteiger partial charge in [0, 0.05) is 37.5 Å². The average molecular weight is 416 g/mol. The minimum atomic E-state index is -0.181. The summed E-state index contributed by atoms with van der Waals surface area (Å²) in [5.74, 6) is 0.962. The normalized spacial score (nSPS) is 16.6. The highest BCUT2D eigenvalue weighted by Gasteiger charge is 2.21. The first-order valence-corrected chi connectivity index (χ1v) is 10.9. The predicted molar refractivity (Wildman–Crippen MR) is 112 cm³/mol. The highest BCUT2D eigenvalue weighted by Crippen LogP contribution is 2.23. The van der Waals surface area contributed by atoms with Crippen LogP contribution >= 0.6 is 35.3 Å². The zero-order chi connectivity index (χ0) is 19.3. The fraction of sp³-hybridized carbons (Fsp3) is 0.706. The molecule has 2 rings (SSSR count). The van der Waals surface area contributed by atoms with Crippen molar-refractivity contribution in [2.75, 3.05) is 38.5 Å². The molecule has 0 aliphatic carbocycles. The Balaban J connectivity index is 1.79. The first-order chi connectivity index (χ1) is 12.1. The van der Waals surface area contributed by atoms with E-state index in [1.807, 2.05) is 32.4 Å². The van der Waals surface area contributed by atoms with E-state index in [9.17, 15) is 4.79 Å². The molecule has 0 radical (unpaired) electrons. The maximum absolute atomic E-state index is 12.1. The molecule has 0 aromatic carbocycles. The summed E-state index contributed by atoms with van der Waals surface area (Å²) in [5, 5.41) is 7.64. The molecular weight excluding hydrogens is 386 g/mol. The highest BCUT2D eigenvalue weighted by molar-refractivity contribution is 8.01. The largest absolute Gasteiger partial charge is 0.350 e. The number of carbonyl (C=O) groups excluding carboxylic acids is 1. The molecule has 146 valence electrons. The quantitative estimate of drug-likeness (QED) is 0.420. The Kier molecular flexibility index (Phi) is 7.84. The number of nitrogens with one attached hydrogen (secondary N) is 1. The van der Waals surface area contributed by atoms with Crippen LogP contribution in [0.5, 0.6) is 0 Å². The number of aromatic nitrogens is 2. The van der Waals surface area contributed by atoms with Gasteiger partial charge in [0.25, 0.3) is 0 Å². The number of piperazine rings is 1. The van der Waals surface area contributed by atoms with Gasteiger partial charge >= 0.3 is 0 Å². The van der Waals surface area contributed by atoms with Crippen LogP contribution in [0.2, 0.25) is 0 Å². The highest BCUT2D eigenvalue weighted by atomic mass is 32.2. The van der Waals surface area contributed by atoms with Crippen LogP contribution < -0.4 is 5.32 Å². The van der Waals surface area contributed by atoms with Gasteiger partial charge in [0.1, 0.15) is 0 Å². The molecular formula is C17H29N5OS3. The number of hydrogen-bond acceptors (Lipinski definition) is 7. The van der Waals surface area contributed by atoms with E-state index in [4.69, 9.17) is 12.2 Å². The number of thioether (sulfide) groups is 1. The van der Waals surface area contributed by atoms with Crippen molar-refractivity contribution in [1.29, 1.82) is 0 Å². The standard InChI is InChI=1S/C17H29N5OS3/c1-13(2)11-25-15-19-22(16(24)26-15)12-21-8-6-20(7-9-21)10-14(23)18-17(3,4)5/h1,6-12H2,2-5H3,(H,18,23). The van der Waals surface area contributed by atoms with Crippen molar-refractivity contribution in [3.63, 3.8) is 0 Å². The zero-order valence-corrected chi connectivity index (χ0v) is 18.5. The Labute approximate surface area is 169 Å². The van der Waals surface area contributed by atoms with Crippen LogP contribution in [-0.2, 0) is 11.5 Å². The van der Waals surface area contributed by atoms with Crippen molar-refractivity contribution in [3.05, 3.63) is 16.1 Å². The van der Waals surface area contributed by atoms with Gasteiger partial charge in [-0.05, 0) is 39.9 Å². The number of rotatable bonds is 7. The molecule has 1 aliphatic rings. The third-order valence-electron chi connectivity index (χ3n) is 3.71. The second-order valence-electron chi connectivity index (χ2n) is 7.71. The van der Waals surface area contributed by atoms with Gasteiger partial charge in [-0.1, -0.05) is 35.3 Å². The van der Waals surface area contributed by atoms with Crippen molar-refractivity contribution in [1.82, 2.24) is 24.9 Å². The van der Waals surface area contributed by atoms with E-state index in [1.165, 1.54) is 0 Å². The zero-order valence-electron chi connectivity index (χ0n) is 16.1. The van der Waals surface area contributed by atoms with E-state index in [2.05, 4.69) is 26.8 Å². The molecule has 1 N–H and O–H groups in total. The first kappa shape index (κ1) is 21.6. The fourth-order valence-electron chi connectivity index (χ4n) is 2.56. The van der Waals surface area contributed by atoms with E-state index in [0.29, 0.717) is 13.2 Å². The minimum Gasteiger partial charge on any atom is -0.350 e. The van der Waals surface area contributed by atoms with Crippen LogP contribution in [-0.4, -0.2) is 69.5 Å². The van der Waals surface area contributed by atoms with Gasteiger partial charge in [-0.3, -0.25) is 14.6 Å². The van der Waals surface area contributed by atoms with E-state index in [1.54, 1.807) is 23.1 Å².